The van der Waals surface area contributed by atoms with Gasteiger partial charge >= 0.3 is 12.0 Å². The minimum Gasteiger partial charge on any atom is -0.481 e. The molecule has 39 heavy (non-hydrogen) atoms. The number of likely N-dealkylation sites (tertiary alicyclic amines) is 1. The quantitative estimate of drug-likeness (QED) is 0.298. The van der Waals surface area contributed by atoms with Crippen LogP contribution in [0.2, 0.25) is 0 Å². The molecule has 9 nitrogen and oxygen atoms in total. The van der Waals surface area contributed by atoms with Gasteiger partial charge < -0.3 is 20.8 Å². The Kier molecular flexibility index (Phi) is 9.20. The second-order valence-corrected chi connectivity index (χ2v) is 9.36. The van der Waals surface area contributed by atoms with Crippen LogP contribution in [-0.4, -0.2) is 56.7 Å². The van der Waals surface area contributed by atoms with Gasteiger partial charge in [-0.2, -0.15) is 4.39 Å². The zero-order valence-corrected chi connectivity index (χ0v) is 21.4. The Bertz CT molecular complexity index is 1400. The third-order valence-electron chi connectivity index (χ3n) is 6.71. The highest BCUT2D eigenvalue weighted by molar-refractivity contribution is 5.99. The van der Waals surface area contributed by atoms with Crippen molar-refractivity contribution in [2.24, 2.45) is 5.73 Å². The molecule has 3 aromatic rings. The molecule has 202 valence electrons. The Morgan fingerprint density at radius 3 is 2.64 bits per heavy atom. The van der Waals surface area contributed by atoms with Crippen molar-refractivity contribution in [3.8, 4) is 11.8 Å². The monoisotopic (exact) mass is 531 g/mol. The molecule has 1 aliphatic rings. The van der Waals surface area contributed by atoms with Gasteiger partial charge in [0.15, 0.2) is 0 Å². The zero-order valence-electron chi connectivity index (χ0n) is 21.4. The first kappa shape index (κ1) is 27.7. The van der Waals surface area contributed by atoms with Crippen molar-refractivity contribution in [1.82, 2.24) is 14.9 Å². The first-order chi connectivity index (χ1) is 18.8. The van der Waals surface area contributed by atoms with E-state index < -0.39 is 24.6 Å². The summed E-state index contributed by atoms with van der Waals surface area (Å²) in [5.74, 6) is 5.00. The molecule has 0 radical (unpaired) electrons. The largest absolute Gasteiger partial charge is 0.481 e. The predicted molar refractivity (Wildman–Crippen MR) is 144 cm³/mol. The second-order valence-electron chi connectivity index (χ2n) is 9.36. The minimum atomic E-state index is -0.860. The molecule has 0 aliphatic carbocycles. The number of aliphatic hydroxyl groups is 1. The van der Waals surface area contributed by atoms with Crippen molar-refractivity contribution in [2.45, 2.75) is 38.2 Å². The standard InChI is InChI=1S/C29H30FN5O4/c30-27-17-26(23(19-36)18-33-27)35(29(31)39)25-8-11-32-24(16-25)7-6-20-3-1-4-22(15-20)21-9-13-34(14-10-21)12-2-5-28(37)38/h1,3-4,8,11,15-18,21,36H,2,5,9-10,12-14,19H2,(H2,31,39)(H,37,38). The second kappa shape index (κ2) is 13.0. The number of hydrogen-bond donors (Lipinski definition) is 3. The number of nitrogens with zero attached hydrogens (tertiary/aromatic N) is 4. The number of carbonyl (C=O) groups is 2. The third kappa shape index (κ3) is 7.37. The SMILES string of the molecule is NC(=O)N(c1ccnc(C#Cc2cccc(C3CCN(CCCC(=O)O)CC3)c2)c1)c1cc(F)ncc1CO. The number of amides is 2. The van der Waals surface area contributed by atoms with E-state index in [2.05, 4.69) is 38.8 Å². The van der Waals surface area contributed by atoms with E-state index >= 15 is 0 Å². The lowest BCUT2D eigenvalue weighted by molar-refractivity contribution is -0.137. The fraction of sp³-hybridized carbons (Fsp3) is 0.310. The number of halogens is 1. The van der Waals surface area contributed by atoms with Gasteiger partial charge in [-0.15, -0.1) is 0 Å². The van der Waals surface area contributed by atoms with Crippen molar-refractivity contribution in [2.75, 3.05) is 24.5 Å². The van der Waals surface area contributed by atoms with Crippen LogP contribution in [0.15, 0.2) is 54.9 Å². The van der Waals surface area contributed by atoms with E-state index in [9.17, 15) is 19.1 Å². The number of pyridine rings is 2. The lowest BCUT2D eigenvalue weighted by Crippen LogP contribution is -2.33. The molecule has 2 aromatic heterocycles. The van der Waals surface area contributed by atoms with E-state index in [1.807, 2.05) is 12.1 Å². The van der Waals surface area contributed by atoms with Gasteiger partial charge in [-0.05, 0) is 80.6 Å². The molecule has 1 aliphatic heterocycles. The van der Waals surface area contributed by atoms with E-state index in [4.69, 9.17) is 10.8 Å². The molecule has 3 heterocycles. The average Bonchev–Trinajstić information content (AvgIpc) is 2.93. The summed E-state index contributed by atoms with van der Waals surface area (Å²) in [6, 6.07) is 11.4. The molecule has 10 heteroatoms. The highest BCUT2D eigenvalue weighted by Crippen LogP contribution is 2.30. The Balaban J connectivity index is 1.48. The van der Waals surface area contributed by atoms with E-state index in [0.29, 0.717) is 23.7 Å². The van der Waals surface area contributed by atoms with Crippen LogP contribution >= 0.6 is 0 Å². The van der Waals surface area contributed by atoms with E-state index in [0.717, 1.165) is 55.2 Å². The lowest BCUT2D eigenvalue weighted by Gasteiger charge is -2.32. The summed E-state index contributed by atoms with van der Waals surface area (Å²) in [4.78, 5) is 34.2. The van der Waals surface area contributed by atoms with Crippen molar-refractivity contribution in [3.05, 3.63) is 83.2 Å². The van der Waals surface area contributed by atoms with E-state index in [1.54, 1.807) is 12.1 Å². The first-order valence-corrected chi connectivity index (χ1v) is 12.7. The summed E-state index contributed by atoms with van der Waals surface area (Å²) in [6.07, 6.45) is 5.50. The number of carbonyl (C=O) groups excluding carboxylic acids is 1. The number of hydrogen-bond acceptors (Lipinski definition) is 6. The van der Waals surface area contributed by atoms with Crippen molar-refractivity contribution in [3.63, 3.8) is 0 Å². The number of piperidine rings is 1. The third-order valence-corrected chi connectivity index (χ3v) is 6.71. The fourth-order valence-corrected chi connectivity index (χ4v) is 4.74. The molecule has 0 spiro atoms. The van der Waals surface area contributed by atoms with Gasteiger partial charge in [-0.3, -0.25) is 9.69 Å². The molecule has 0 unspecified atom stereocenters. The van der Waals surface area contributed by atoms with E-state index in [-0.39, 0.29) is 17.7 Å². The number of nitrogens with two attached hydrogens (primary N) is 1. The molecule has 0 bridgehead atoms. The molecule has 1 aromatic carbocycles. The summed E-state index contributed by atoms with van der Waals surface area (Å²) >= 11 is 0. The van der Waals surface area contributed by atoms with Gasteiger partial charge in [0.1, 0.15) is 5.69 Å². The smallest absolute Gasteiger partial charge is 0.323 e. The Morgan fingerprint density at radius 1 is 1.13 bits per heavy atom. The molecule has 2 amide bonds. The molecule has 1 saturated heterocycles. The Hall–Kier alpha value is -4.33. The average molecular weight is 532 g/mol. The van der Waals surface area contributed by atoms with Gasteiger partial charge in [0, 0.05) is 36.0 Å². The van der Waals surface area contributed by atoms with Gasteiger partial charge in [-0.25, -0.2) is 14.8 Å². The van der Waals surface area contributed by atoms with Crippen LogP contribution in [-0.2, 0) is 11.4 Å². The van der Waals surface area contributed by atoms with E-state index in [1.165, 1.54) is 11.8 Å². The molecule has 4 rings (SSSR count). The zero-order chi connectivity index (χ0) is 27.8. The fourth-order valence-electron chi connectivity index (χ4n) is 4.74. The highest BCUT2D eigenvalue weighted by Gasteiger charge is 2.21. The van der Waals surface area contributed by atoms with Gasteiger partial charge in [-0.1, -0.05) is 18.1 Å². The molecule has 4 N–H and O–H groups in total. The van der Waals surface area contributed by atoms with Gasteiger partial charge in [0.05, 0.1) is 18.0 Å². The predicted octanol–water partition coefficient (Wildman–Crippen LogP) is 3.77. The number of aromatic nitrogens is 2. The van der Waals surface area contributed by atoms with Gasteiger partial charge in [0.25, 0.3) is 0 Å². The van der Waals surface area contributed by atoms with Crippen molar-refractivity contribution < 1.29 is 24.2 Å². The molecule has 1 fully saturated rings. The number of rotatable bonds is 8. The number of carboxylic acids is 1. The maximum Gasteiger partial charge on any atom is 0.323 e. The number of primary amides is 1. The van der Waals surface area contributed by atoms with Crippen LogP contribution in [0.5, 0.6) is 0 Å². The first-order valence-electron chi connectivity index (χ1n) is 12.7. The summed E-state index contributed by atoms with van der Waals surface area (Å²) in [5.41, 5.74) is 8.68. The van der Waals surface area contributed by atoms with Crippen LogP contribution in [0, 0.1) is 17.8 Å². The lowest BCUT2D eigenvalue weighted by atomic mass is 9.88. The van der Waals surface area contributed by atoms with Crippen LogP contribution in [0.25, 0.3) is 0 Å². The number of aliphatic carboxylic acids is 1. The number of carboxylic acid groups (broad SMARTS) is 1. The topological polar surface area (TPSA) is 133 Å². The summed E-state index contributed by atoms with van der Waals surface area (Å²) in [7, 11) is 0. The molecular formula is C29H30FN5O4. The molecular weight excluding hydrogens is 501 g/mol. The van der Waals surface area contributed by atoms with Crippen LogP contribution in [0.3, 0.4) is 0 Å². The normalized spacial score (nSPS) is 13.9. The minimum absolute atomic E-state index is 0.0863. The van der Waals surface area contributed by atoms with Crippen molar-refractivity contribution >= 4 is 23.4 Å². The van der Waals surface area contributed by atoms with Crippen LogP contribution in [0.4, 0.5) is 20.6 Å². The Morgan fingerprint density at radius 2 is 1.92 bits per heavy atom. The molecule has 0 saturated carbocycles. The number of urea groups is 1. The number of aliphatic hydroxyl groups excluding tert-OH is 1. The van der Waals surface area contributed by atoms with Crippen LogP contribution in [0.1, 0.15) is 54.0 Å². The van der Waals surface area contributed by atoms with Crippen LogP contribution < -0.4 is 10.6 Å². The highest BCUT2D eigenvalue weighted by atomic mass is 19.1. The summed E-state index contributed by atoms with van der Waals surface area (Å²) in [5, 5.41) is 18.5. The summed E-state index contributed by atoms with van der Waals surface area (Å²) < 4.78 is 13.8. The Labute approximate surface area is 226 Å². The number of anilines is 2. The maximum absolute atomic E-state index is 13.8. The maximum atomic E-state index is 13.8. The molecule has 0 atom stereocenters. The summed E-state index contributed by atoms with van der Waals surface area (Å²) in [6.45, 7) is 2.23. The van der Waals surface area contributed by atoms with Gasteiger partial charge in [0.2, 0.25) is 5.95 Å². The number of benzene rings is 1. The van der Waals surface area contributed by atoms with Crippen molar-refractivity contribution in [1.29, 1.82) is 0 Å².